The maximum atomic E-state index is 15.6. The SMILES string of the molecule is C=C1/C=C\C=C/Cc2ccccc2C12c1ccccc1-c1ccc(C(=O)c3ccc4c(c3)C3(c5ccccc5-4)c4cc(-c5cc(C)ccc5C)ccc4-c4ccc(-c5cc(C)ccc5C)cc43)cc12. The zero-order valence-electron chi connectivity index (χ0n) is 39.5. The average molecular weight is 883 g/mol. The summed E-state index contributed by atoms with van der Waals surface area (Å²) in [5.41, 5.74) is 27.6. The maximum Gasteiger partial charge on any atom is 0.193 e. The Balaban J connectivity index is 1.04. The molecule has 9 aromatic carbocycles. The van der Waals surface area contributed by atoms with Crippen LogP contribution in [0.1, 0.15) is 82.7 Å². The molecule has 9 aromatic rings. The molecule has 4 aliphatic carbocycles. The van der Waals surface area contributed by atoms with Gasteiger partial charge in [0.1, 0.15) is 0 Å². The van der Waals surface area contributed by atoms with E-state index in [9.17, 15) is 0 Å². The number of allylic oxidation sites excluding steroid dienone is 5. The molecule has 4 aliphatic rings. The van der Waals surface area contributed by atoms with Gasteiger partial charge in [0.25, 0.3) is 0 Å². The van der Waals surface area contributed by atoms with Crippen molar-refractivity contribution in [2.75, 3.05) is 0 Å². The second-order valence-electron chi connectivity index (χ2n) is 19.8. The molecule has 69 heavy (non-hydrogen) atoms. The molecule has 0 heterocycles. The number of aryl methyl sites for hydroxylation is 4. The molecule has 0 saturated carbocycles. The molecule has 1 heteroatoms. The van der Waals surface area contributed by atoms with E-state index in [1.165, 1.54) is 100 Å². The van der Waals surface area contributed by atoms with Gasteiger partial charge in [-0.25, -0.2) is 0 Å². The summed E-state index contributed by atoms with van der Waals surface area (Å²) in [6, 6.07) is 67.1. The van der Waals surface area contributed by atoms with E-state index in [-0.39, 0.29) is 5.78 Å². The van der Waals surface area contributed by atoms with Gasteiger partial charge in [0.15, 0.2) is 5.78 Å². The third-order valence-electron chi connectivity index (χ3n) is 15.9. The molecule has 1 nitrogen and oxygen atoms in total. The summed E-state index contributed by atoms with van der Waals surface area (Å²) in [5.74, 6) is 0.00343. The minimum absolute atomic E-state index is 0.00343. The monoisotopic (exact) mass is 882 g/mol. The molecule has 13 rings (SSSR count). The normalized spacial score (nSPS) is 17.1. The number of carbonyl (C=O) groups excluding carboxylic acids is 1. The number of carbonyl (C=O) groups is 1. The molecule has 0 saturated heterocycles. The lowest BCUT2D eigenvalue weighted by Gasteiger charge is -2.35. The smallest absolute Gasteiger partial charge is 0.193 e. The lowest BCUT2D eigenvalue weighted by Crippen LogP contribution is -2.30. The topological polar surface area (TPSA) is 17.1 Å². The number of hydrogen-bond donors (Lipinski definition) is 0. The second-order valence-corrected chi connectivity index (χ2v) is 19.8. The van der Waals surface area contributed by atoms with Crippen LogP contribution in [-0.4, -0.2) is 5.78 Å². The van der Waals surface area contributed by atoms with Crippen LogP contribution in [0.15, 0.2) is 218 Å². The van der Waals surface area contributed by atoms with E-state index in [1.54, 1.807) is 0 Å². The third kappa shape index (κ3) is 5.74. The van der Waals surface area contributed by atoms with Crippen LogP contribution in [0.2, 0.25) is 0 Å². The number of ketones is 1. The van der Waals surface area contributed by atoms with Gasteiger partial charge in [0.2, 0.25) is 0 Å². The molecular formula is C68H50O. The highest BCUT2D eigenvalue weighted by atomic mass is 16.1. The minimum atomic E-state index is -0.683. The van der Waals surface area contributed by atoms with Crippen LogP contribution in [0.4, 0.5) is 0 Å². The van der Waals surface area contributed by atoms with E-state index >= 15 is 4.79 Å². The Labute approximate surface area is 405 Å². The quantitative estimate of drug-likeness (QED) is 0.161. The number of rotatable bonds is 4. The number of fused-ring (bicyclic) bond motifs is 17. The zero-order chi connectivity index (χ0) is 46.8. The Kier molecular flexibility index (Phi) is 9.05. The molecule has 1 unspecified atom stereocenters. The predicted octanol–water partition coefficient (Wildman–Crippen LogP) is 16.4. The van der Waals surface area contributed by atoms with Crippen molar-refractivity contribution in [1.82, 2.24) is 0 Å². The highest BCUT2D eigenvalue weighted by Crippen LogP contribution is 2.64. The Morgan fingerprint density at radius 3 is 1.42 bits per heavy atom. The van der Waals surface area contributed by atoms with Crippen molar-refractivity contribution in [3.63, 3.8) is 0 Å². The van der Waals surface area contributed by atoms with E-state index in [1.807, 2.05) is 6.07 Å². The van der Waals surface area contributed by atoms with Crippen LogP contribution in [-0.2, 0) is 17.3 Å². The summed E-state index contributed by atoms with van der Waals surface area (Å²) in [6.07, 6.45) is 9.41. The molecule has 0 bridgehead atoms. The summed E-state index contributed by atoms with van der Waals surface area (Å²) >= 11 is 0. The molecule has 0 amide bonds. The van der Waals surface area contributed by atoms with E-state index in [2.05, 4.69) is 228 Å². The maximum absolute atomic E-state index is 15.6. The van der Waals surface area contributed by atoms with Gasteiger partial charge in [-0.15, -0.1) is 0 Å². The van der Waals surface area contributed by atoms with Gasteiger partial charge in [0.05, 0.1) is 10.8 Å². The highest BCUT2D eigenvalue weighted by molar-refractivity contribution is 6.11. The van der Waals surface area contributed by atoms with Gasteiger partial charge in [0, 0.05) is 11.1 Å². The van der Waals surface area contributed by atoms with Crippen LogP contribution < -0.4 is 0 Å². The van der Waals surface area contributed by atoms with Crippen molar-refractivity contribution in [3.8, 4) is 55.6 Å². The molecule has 328 valence electrons. The third-order valence-corrected chi connectivity index (χ3v) is 15.9. The van der Waals surface area contributed by atoms with Crippen LogP contribution >= 0.6 is 0 Å². The summed E-state index contributed by atoms with van der Waals surface area (Å²) in [6.45, 7) is 13.6. The van der Waals surface area contributed by atoms with Crippen molar-refractivity contribution in [2.45, 2.75) is 44.9 Å². The summed E-state index contributed by atoms with van der Waals surface area (Å²) in [4.78, 5) is 15.6. The Morgan fingerprint density at radius 2 is 0.855 bits per heavy atom. The Bertz CT molecular complexity index is 3690. The minimum Gasteiger partial charge on any atom is -0.289 e. The van der Waals surface area contributed by atoms with Crippen molar-refractivity contribution < 1.29 is 4.79 Å². The van der Waals surface area contributed by atoms with E-state index in [0.29, 0.717) is 11.1 Å². The van der Waals surface area contributed by atoms with Crippen LogP contribution in [0.3, 0.4) is 0 Å². The van der Waals surface area contributed by atoms with Gasteiger partial charge in [-0.3, -0.25) is 4.79 Å². The van der Waals surface area contributed by atoms with Crippen LogP contribution in [0.25, 0.3) is 55.6 Å². The van der Waals surface area contributed by atoms with Crippen LogP contribution in [0, 0.1) is 27.7 Å². The van der Waals surface area contributed by atoms with E-state index in [0.717, 1.165) is 34.2 Å². The largest absolute Gasteiger partial charge is 0.289 e. The molecule has 0 N–H and O–H groups in total. The molecule has 0 aliphatic heterocycles. The van der Waals surface area contributed by atoms with Crippen molar-refractivity contribution >= 4 is 5.78 Å². The number of hydrogen-bond acceptors (Lipinski definition) is 1. The van der Waals surface area contributed by atoms with Gasteiger partial charge >= 0.3 is 0 Å². The molecule has 2 spiro atoms. The average Bonchev–Trinajstić information content (AvgIpc) is 3.98. The van der Waals surface area contributed by atoms with E-state index < -0.39 is 10.8 Å². The van der Waals surface area contributed by atoms with Crippen molar-refractivity contribution in [1.29, 1.82) is 0 Å². The van der Waals surface area contributed by atoms with Crippen LogP contribution in [0.5, 0.6) is 0 Å². The van der Waals surface area contributed by atoms with Gasteiger partial charge in [-0.05, 0) is 175 Å². The lowest BCUT2D eigenvalue weighted by molar-refractivity contribution is 0.103. The zero-order valence-corrected chi connectivity index (χ0v) is 39.5. The first-order valence-electron chi connectivity index (χ1n) is 24.3. The van der Waals surface area contributed by atoms with Crippen molar-refractivity contribution in [2.24, 2.45) is 0 Å². The van der Waals surface area contributed by atoms with Gasteiger partial charge < -0.3 is 0 Å². The summed E-state index contributed by atoms with van der Waals surface area (Å²) < 4.78 is 0. The van der Waals surface area contributed by atoms with Gasteiger partial charge in [-0.1, -0.05) is 200 Å². The predicted molar refractivity (Wildman–Crippen MR) is 285 cm³/mol. The summed E-state index contributed by atoms with van der Waals surface area (Å²) in [5, 5.41) is 0. The Morgan fingerprint density at radius 1 is 0.406 bits per heavy atom. The molecule has 1 atom stereocenters. The second kappa shape index (κ2) is 15.2. The lowest BCUT2D eigenvalue weighted by atomic mass is 9.66. The molecule has 0 fully saturated rings. The first kappa shape index (κ1) is 41.1. The fourth-order valence-corrected chi connectivity index (χ4v) is 12.8. The fourth-order valence-electron chi connectivity index (χ4n) is 12.8. The van der Waals surface area contributed by atoms with Gasteiger partial charge in [-0.2, -0.15) is 0 Å². The highest BCUT2D eigenvalue weighted by Gasteiger charge is 2.53. The standard InChI is InChI=1S/C68H50O/c1-41-23-25-43(3)57(35-41)47-27-31-55-56-32-28-48(58-36-42(2)24-26-44(58)4)38-64(56)68(63(55)37-47)61-22-14-11-19-52(61)54-34-30-50(40-65(54)68)66(69)49-29-33-53-51-18-10-13-21-60(51)67(62(53)39-49)45(5)15-7-6-8-16-46-17-9-12-20-59(46)67/h6-15,17-40H,5,16H2,1-4H3/b8-6-,15-7-. The molecule has 0 aromatic heterocycles. The van der Waals surface area contributed by atoms with E-state index in [4.69, 9.17) is 6.58 Å². The fraction of sp³-hybridized carbons (Fsp3) is 0.103. The molecule has 0 radical (unpaired) electrons. The Hall–Kier alpha value is -8.13. The molecular weight excluding hydrogens is 833 g/mol. The first-order valence-corrected chi connectivity index (χ1v) is 24.3. The summed E-state index contributed by atoms with van der Waals surface area (Å²) in [7, 11) is 0. The number of benzene rings is 9. The van der Waals surface area contributed by atoms with Crippen molar-refractivity contribution in [3.05, 3.63) is 296 Å². The first-order chi connectivity index (χ1) is 33.7.